The lowest BCUT2D eigenvalue weighted by atomic mass is 9.89. The van der Waals surface area contributed by atoms with Crippen molar-refractivity contribution in [2.75, 3.05) is 22.2 Å². The monoisotopic (exact) mass is 853 g/mol. The number of allylic oxidation sites excluding steroid dienone is 3. The Hall–Kier alpha value is -7.92. The zero-order chi connectivity index (χ0) is 43.7. The number of para-hydroxylation sites is 3. The summed E-state index contributed by atoms with van der Waals surface area (Å²) in [6, 6.07) is 71.7. The van der Waals surface area contributed by atoms with E-state index in [0.717, 1.165) is 46.0 Å². The van der Waals surface area contributed by atoms with Crippen LogP contribution in [-0.4, -0.2) is 7.05 Å². The molecule has 0 saturated heterocycles. The van der Waals surface area contributed by atoms with Crippen LogP contribution < -0.4 is 15.1 Å². The fourth-order valence-electron chi connectivity index (χ4n) is 9.39. The molecule has 1 N–H and O–H groups in total. The molecule has 8 aromatic carbocycles. The molecule has 0 radical (unpaired) electrons. The quantitative estimate of drug-likeness (QED) is 0.156. The van der Waals surface area contributed by atoms with Gasteiger partial charge in [0.15, 0.2) is 0 Å². The number of hydrogen-bond acceptors (Lipinski definition) is 4. The second-order valence-corrected chi connectivity index (χ2v) is 17.8. The number of rotatable bonds is 9. The standard InChI is InChI=1S/C61H47N3S/c1-42-52-28-10-14-33-59(52)64(37-36-55-56-41-50(34-35-60(56)65-61(42)55)63(2)58-32-13-11-30-54(58)44-20-7-4-8-21-44)51-27-17-25-48(40-51)46-23-15-22-45(38-46)47-24-16-26-49(39-47)62-57-31-12-9-29-53(57)43-18-5-3-6-19-43/h3-24,26-41,48,62H,1,25H2,2H3/b37-36-. The van der Waals surface area contributed by atoms with Crippen molar-refractivity contribution < 1.29 is 0 Å². The lowest BCUT2D eigenvalue weighted by Gasteiger charge is -2.29. The number of nitrogens with one attached hydrogen (secondary N) is 1. The Morgan fingerprint density at radius 2 is 1.26 bits per heavy atom. The normalized spacial score (nSPS) is 14.8. The minimum absolute atomic E-state index is 0.206. The van der Waals surface area contributed by atoms with Crippen LogP contribution in [0.1, 0.15) is 33.9 Å². The van der Waals surface area contributed by atoms with Gasteiger partial charge in [0.1, 0.15) is 0 Å². The van der Waals surface area contributed by atoms with Gasteiger partial charge in [-0.15, -0.1) is 11.3 Å². The molecule has 0 amide bonds. The van der Waals surface area contributed by atoms with Gasteiger partial charge in [0.25, 0.3) is 0 Å². The van der Waals surface area contributed by atoms with Crippen LogP contribution in [0, 0.1) is 0 Å². The molecule has 0 saturated carbocycles. The predicted molar refractivity (Wildman–Crippen MR) is 279 cm³/mol. The molecule has 2 aliphatic rings. The second-order valence-electron chi connectivity index (χ2n) is 16.7. The minimum Gasteiger partial charge on any atom is -0.355 e. The van der Waals surface area contributed by atoms with Crippen molar-refractivity contribution in [2.24, 2.45) is 0 Å². The van der Waals surface area contributed by atoms with Gasteiger partial charge in [-0.25, -0.2) is 0 Å². The van der Waals surface area contributed by atoms with E-state index in [1.807, 2.05) is 11.3 Å². The van der Waals surface area contributed by atoms with Crippen LogP contribution in [0.3, 0.4) is 0 Å². The molecule has 1 unspecified atom stereocenters. The molecule has 9 aromatic rings. The van der Waals surface area contributed by atoms with Crippen molar-refractivity contribution in [2.45, 2.75) is 12.3 Å². The van der Waals surface area contributed by atoms with E-state index >= 15 is 0 Å². The van der Waals surface area contributed by atoms with Gasteiger partial charge in [0.05, 0.1) is 5.69 Å². The zero-order valence-electron chi connectivity index (χ0n) is 36.2. The number of nitrogens with zero attached hydrogens (tertiary/aromatic N) is 2. The van der Waals surface area contributed by atoms with Crippen LogP contribution >= 0.6 is 11.3 Å². The van der Waals surface area contributed by atoms with Crippen LogP contribution in [-0.2, 0) is 0 Å². The minimum atomic E-state index is 0.206. The lowest BCUT2D eigenvalue weighted by molar-refractivity contribution is 0.837. The molecule has 4 heteroatoms. The molecule has 1 aliphatic heterocycles. The Kier molecular flexibility index (Phi) is 10.6. The highest BCUT2D eigenvalue weighted by molar-refractivity contribution is 7.20. The summed E-state index contributed by atoms with van der Waals surface area (Å²) in [7, 11) is 2.17. The van der Waals surface area contributed by atoms with Gasteiger partial charge in [0, 0.05) is 84.8 Å². The molecule has 0 bridgehead atoms. The molecule has 1 aromatic heterocycles. The van der Waals surface area contributed by atoms with Crippen molar-refractivity contribution in [1.29, 1.82) is 0 Å². The molecule has 1 atom stereocenters. The maximum absolute atomic E-state index is 4.77. The van der Waals surface area contributed by atoms with Gasteiger partial charge in [-0.3, -0.25) is 0 Å². The second kappa shape index (κ2) is 17.3. The highest BCUT2D eigenvalue weighted by Crippen LogP contribution is 2.46. The third kappa shape index (κ3) is 7.79. The maximum atomic E-state index is 4.77. The lowest BCUT2D eigenvalue weighted by Crippen LogP contribution is -2.19. The van der Waals surface area contributed by atoms with Crippen LogP contribution in [0.4, 0.5) is 28.4 Å². The molecule has 2 heterocycles. The summed E-state index contributed by atoms with van der Waals surface area (Å²) in [5.74, 6) is 0.206. The first kappa shape index (κ1) is 39.9. The van der Waals surface area contributed by atoms with Crippen molar-refractivity contribution in [3.8, 4) is 33.4 Å². The molecular formula is C61H47N3S. The smallest absolute Gasteiger partial charge is 0.0534 e. The van der Waals surface area contributed by atoms with E-state index in [-0.39, 0.29) is 5.92 Å². The van der Waals surface area contributed by atoms with Crippen molar-refractivity contribution in [3.63, 3.8) is 0 Å². The van der Waals surface area contributed by atoms with E-state index in [2.05, 4.69) is 253 Å². The topological polar surface area (TPSA) is 18.5 Å². The number of thiophene rings is 1. The van der Waals surface area contributed by atoms with E-state index in [9.17, 15) is 0 Å². The van der Waals surface area contributed by atoms with Crippen LogP contribution in [0.5, 0.6) is 0 Å². The zero-order valence-corrected chi connectivity index (χ0v) is 37.1. The van der Waals surface area contributed by atoms with E-state index in [1.54, 1.807) is 0 Å². The molecule has 3 nitrogen and oxygen atoms in total. The number of benzene rings is 8. The molecule has 0 spiro atoms. The largest absolute Gasteiger partial charge is 0.355 e. The Bertz CT molecular complexity index is 3320. The summed E-state index contributed by atoms with van der Waals surface area (Å²) >= 11 is 1.82. The van der Waals surface area contributed by atoms with Gasteiger partial charge >= 0.3 is 0 Å². The van der Waals surface area contributed by atoms with Crippen LogP contribution in [0.25, 0.3) is 55.1 Å². The molecule has 312 valence electrons. The molecule has 11 rings (SSSR count). The SMILES string of the molecule is C=C1c2ccccc2N(C2=CC(c3cccc(-c4cccc(Nc5ccccc5-c5ccccc5)c4)c3)CC=C2)/C=C\c2c1sc1ccc(N(C)c3ccccc3-c3ccccc3)cc21. The first-order chi connectivity index (χ1) is 32.1. The fourth-order valence-corrected chi connectivity index (χ4v) is 10.5. The molecule has 1 aliphatic carbocycles. The van der Waals surface area contributed by atoms with E-state index in [0.29, 0.717) is 0 Å². The van der Waals surface area contributed by atoms with Gasteiger partial charge < -0.3 is 15.1 Å². The molecule has 65 heavy (non-hydrogen) atoms. The highest BCUT2D eigenvalue weighted by atomic mass is 32.1. The van der Waals surface area contributed by atoms with E-state index in [4.69, 9.17) is 6.58 Å². The van der Waals surface area contributed by atoms with Gasteiger partial charge in [0.2, 0.25) is 0 Å². The van der Waals surface area contributed by atoms with Gasteiger partial charge in [-0.2, -0.15) is 0 Å². The van der Waals surface area contributed by atoms with Crippen LogP contribution in [0.2, 0.25) is 0 Å². The number of hydrogen-bond donors (Lipinski definition) is 1. The predicted octanol–water partition coefficient (Wildman–Crippen LogP) is 16.9. The highest BCUT2D eigenvalue weighted by Gasteiger charge is 2.24. The first-order valence-corrected chi connectivity index (χ1v) is 23.1. The first-order valence-electron chi connectivity index (χ1n) is 22.3. The summed E-state index contributed by atoms with van der Waals surface area (Å²) < 4.78 is 1.25. The Morgan fingerprint density at radius 3 is 2.08 bits per heavy atom. The maximum Gasteiger partial charge on any atom is 0.0534 e. The molecule has 0 fully saturated rings. The summed E-state index contributed by atoms with van der Waals surface area (Å²) in [5, 5.41) is 4.95. The Labute approximate surface area is 385 Å². The Morgan fingerprint density at radius 1 is 0.600 bits per heavy atom. The third-order valence-corrected chi connectivity index (χ3v) is 14.0. The Balaban J connectivity index is 0.909. The van der Waals surface area contributed by atoms with E-state index in [1.165, 1.54) is 65.2 Å². The van der Waals surface area contributed by atoms with Gasteiger partial charge in [-0.05, 0) is 100 Å². The number of anilines is 5. The summed E-state index contributed by atoms with van der Waals surface area (Å²) in [6.07, 6.45) is 12.5. The summed E-state index contributed by atoms with van der Waals surface area (Å²) in [4.78, 5) is 5.87. The van der Waals surface area contributed by atoms with E-state index < -0.39 is 0 Å². The van der Waals surface area contributed by atoms with Crippen molar-refractivity contribution in [3.05, 3.63) is 258 Å². The van der Waals surface area contributed by atoms with Crippen molar-refractivity contribution in [1.82, 2.24) is 0 Å². The average molecular weight is 854 g/mol. The molecular weight excluding hydrogens is 807 g/mol. The average Bonchev–Trinajstić information content (AvgIpc) is 3.74. The summed E-state index contributed by atoms with van der Waals surface area (Å²) in [5.41, 5.74) is 18.5. The fraction of sp³-hybridized carbons (Fsp3) is 0.0492. The number of fused-ring (bicyclic) bond motifs is 4. The van der Waals surface area contributed by atoms with Gasteiger partial charge in [-0.1, -0.05) is 170 Å². The van der Waals surface area contributed by atoms with Crippen LogP contribution in [0.15, 0.2) is 237 Å². The van der Waals surface area contributed by atoms with Crippen molar-refractivity contribution >= 4 is 61.5 Å². The third-order valence-electron chi connectivity index (χ3n) is 12.7. The summed E-state index contributed by atoms with van der Waals surface area (Å²) in [6.45, 7) is 4.77.